The summed E-state index contributed by atoms with van der Waals surface area (Å²) in [6.07, 6.45) is 2.05. The lowest BCUT2D eigenvalue weighted by molar-refractivity contribution is -0.245. The van der Waals surface area contributed by atoms with E-state index in [4.69, 9.17) is 14.2 Å². The third-order valence-electron chi connectivity index (χ3n) is 5.69. The molecule has 0 aliphatic carbocycles. The highest BCUT2D eigenvalue weighted by Crippen LogP contribution is 2.39. The van der Waals surface area contributed by atoms with Gasteiger partial charge >= 0.3 is 5.97 Å². The van der Waals surface area contributed by atoms with Crippen LogP contribution in [-0.2, 0) is 30.4 Å². The van der Waals surface area contributed by atoms with Crippen molar-refractivity contribution >= 4 is 29.3 Å². The van der Waals surface area contributed by atoms with Crippen molar-refractivity contribution in [3.8, 4) is 0 Å². The number of amides is 1. The predicted octanol–water partition coefficient (Wildman–Crippen LogP) is 4.20. The molecule has 0 saturated carbocycles. The zero-order chi connectivity index (χ0) is 26.2. The number of carbonyl (C=O) groups excluding carboxylic acids is 2. The molecule has 4 unspecified atom stereocenters. The van der Waals surface area contributed by atoms with Gasteiger partial charge in [-0.25, -0.2) is 9.97 Å². The van der Waals surface area contributed by atoms with E-state index in [1.54, 1.807) is 36.7 Å². The minimum atomic E-state index is -0.920. The molecule has 1 aromatic heterocycles. The molecule has 10 heteroatoms. The summed E-state index contributed by atoms with van der Waals surface area (Å²) in [5, 5.41) is 12.8. The minimum Gasteiger partial charge on any atom is -0.453 e. The molecular formula is C27H29N3O6S. The zero-order valence-corrected chi connectivity index (χ0v) is 21.4. The van der Waals surface area contributed by atoms with Crippen molar-refractivity contribution in [1.82, 2.24) is 9.97 Å². The summed E-state index contributed by atoms with van der Waals surface area (Å²) < 4.78 is 17.7. The molecule has 9 nitrogen and oxygen atoms in total. The van der Waals surface area contributed by atoms with E-state index < -0.39 is 24.3 Å². The molecule has 1 fully saturated rings. The Kier molecular flexibility index (Phi) is 9.24. The average molecular weight is 524 g/mol. The smallest absolute Gasteiger partial charge is 0.303 e. The monoisotopic (exact) mass is 523 g/mol. The van der Waals surface area contributed by atoms with Gasteiger partial charge in [0.05, 0.1) is 18.8 Å². The molecule has 1 aliphatic rings. The maximum atomic E-state index is 12.4. The number of esters is 1. The van der Waals surface area contributed by atoms with E-state index in [-0.39, 0.29) is 18.8 Å². The van der Waals surface area contributed by atoms with Crippen molar-refractivity contribution in [2.75, 3.05) is 11.1 Å². The summed E-state index contributed by atoms with van der Waals surface area (Å²) >= 11 is 1.51. The van der Waals surface area contributed by atoms with Crippen LogP contribution in [-0.4, -0.2) is 44.9 Å². The quantitative estimate of drug-likeness (QED) is 0.242. The van der Waals surface area contributed by atoms with E-state index >= 15 is 0 Å². The van der Waals surface area contributed by atoms with Gasteiger partial charge in [0.2, 0.25) is 0 Å². The Balaban J connectivity index is 1.51. The zero-order valence-electron chi connectivity index (χ0n) is 20.6. The van der Waals surface area contributed by atoms with Crippen LogP contribution in [0.5, 0.6) is 0 Å². The predicted molar refractivity (Wildman–Crippen MR) is 137 cm³/mol. The van der Waals surface area contributed by atoms with E-state index in [0.29, 0.717) is 23.0 Å². The van der Waals surface area contributed by atoms with Crippen LogP contribution in [0.1, 0.15) is 49.4 Å². The van der Waals surface area contributed by atoms with Crippen molar-refractivity contribution in [1.29, 1.82) is 0 Å². The number of aliphatic hydroxyl groups excluding tert-OH is 1. The Morgan fingerprint density at radius 3 is 2.57 bits per heavy atom. The second-order valence-electron chi connectivity index (χ2n) is 8.56. The standard InChI is InChI=1S/C27H29N3O6S/c1-17(34-18(2)32)25(33)30-22-6-3-5-21(13-22)26-35-23(16-37-27-28-11-4-12-29-27)14-24(36-26)20-9-7-19(15-31)8-10-20/h3-13,17,23-24,26,31H,14-16H2,1-2H3,(H,30,33). The Hall–Kier alpha value is -3.31. The number of hydrogen-bond donors (Lipinski definition) is 2. The second kappa shape index (κ2) is 12.8. The molecule has 2 aromatic carbocycles. The van der Waals surface area contributed by atoms with Crippen LogP contribution in [0.25, 0.3) is 0 Å². The summed E-state index contributed by atoms with van der Waals surface area (Å²) in [5.74, 6) is -0.328. The number of benzene rings is 2. The highest BCUT2D eigenvalue weighted by molar-refractivity contribution is 7.99. The van der Waals surface area contributed by atoms with Crippen LogP contribution in [0.2, 0.25) is 0 Å². The average Bonchev–Trinajstić information content (AvgIpc) is 2.92. The number of carbonyl (C=O) groups is 2. The van der Waals surface area contributed by atoms with Crippen molar-refractivity contribution in [2.24, 2.45) is 0 Å². The molecule has 2 N–H and O–H groups in total. The van der Waals surface area contributed by atoms with Crippen LogP contribution in [0, 0.1) is 0 Å². The molecule has 0 bridgehead atoms. The van der Waals surface area contributed by atoms with Gasteiger partial charge in [-0.3, -0.25) is 9.59 Å². The van der Waals surface area contributed by atoms with Gasteiger partial charge in [-0.15, -0.1) is 0 Å². The number of aliphatic hydroxyl groups is 1. The number of anilines is 1. The summed E-state index contributed by atoms with van der Waals surface area (Å²) in [5.41, 5.74) is 3.08. The van der Waals surface area contributed by atoms with Gasteiger partial charge in [-0.2, -0.15) is 0 Å². The molecule has 1 aliphatic heterocycles. The lowest BCUT2D eigenvalue weighted by atomic mass is 10.0. The Labute approximate surface area is 219 Å². The van der Waals surface area contributed by atoms with E-state index in [9.17, 15) is 14.7 Å². The minimum absolute atomic E-state index is 0.0253. The first-order valence-electron chi connectivity index (χ1n) is 11.9. The molecule has 1 amide bonds. The number of hydrogen-bond acceptors (Lipinski definition) is 9. The van der Waals surface area contributed by atoms with E-state index in [2.05, 4.69) is 15.3 Å². The molecule has 4 atom stereocenters. The van der Waals surface area contributed by atoms with Gasteiger partial charge in [0, 0.05) is 42.7 Å². The Morgan fingerprint density at radius 1 is 1.11 bits per heavy atom. The van der Waals surface area contributed by atoms with Gasteiger partial charge in [-0.05, 0) is 36.2 Å². The van der Waals surface area contributed by atoms with Crippen molar-refractivity contribution in [2.45, 2.75) is 56.6 Å². The molecular weight excluding hydrogens is 494 g/mol. The summed E-state index contributed by atoms with van der Waals surface area (Å²) in [6.45, 7) is 2.75. The summed E-state index contributed by atoms with van der Waals surface area (Å²) in [7, 11) is 0. The lowest BCUT2D eigenvalue weighted by Gasteiger charge is -2.36. The largest absolute Gasteiger partial charge is 0.453 e. The first-order valence-corrected chi connectivity index (χ1v) is 12.9. The first kappa shape index (κ1) is 26.7. The molecule has 0 spiro atoms. The third kappa shape index (κ3) is 7.59. The number of aromatic nitrogens is 2. The van der Waals surface area contributed by atoms with Gasteiger partial charge in [0.15, 0.2) is 17.6 Å². The molecule has 1 saturated heterocycles. The maximum Gasteiger partial charge on any atom is 0.303 e. The molecule has 194 valence electrons. The Morgan fingerprint density at radius 2 is 1.86 bits per heavy atom. The van der Waals surface area contributed by atoms with Gasteiger partial charge in [-0.1, -0.05) is 48.2 Å². The van der Waals surface area contributed by atoms with E-state index in [1.165, 1.54) is 25.6 Å². The summed E-state index contributed by atoms with van der Waals surface area (Å²) in [4.78, 5) is 32.1. The fourth-order valence-corrected chi connectivity index (χ4v) is 4.68. The third-order valence-corrected chi connectivity index (χ3v) is 6.70. The molecule has 0 radical (unpaired) electrons. The highest BCUT2D eigenvalue weighted by Gasteiger charge is 2.32. The van der Waals surface area contributed by atoms with Crippen LogP contribution >= 0.6 is 11.8 Å². The van der Waals surface area contributed by atoms with E-state index in [1.807, 2.05) is 30.3 Å². The maximum absolute atomic E-state index is 12.4. The molecule has 4 rings (SSSR count). The van der Waals surface area contributed by atoms with E-state index in [0.717, 1.165) is 16.7 Å². The van der Waals surface area contributed by atoms with Crippen molar-refractivity contribution < 1.29 is 28.9 Å². The van der Waals surface area contributed by atoms with Crippen LogP contribution in [0.3, 0.4) is 0 Å². The molecule has 37 heavy (non-hydrogen) atoms. The van der Waals surface area contributed by atoms with Crippen molar-refractivity contribution in [3.63, 3.8) is 0 Å². The van der Waals surface area contributed by atoms with Crippen LogP contribution in [0.4, 0.5) is 5.69 Å². The van der Waals surface area contributed by atoms with Crippen LogP contribution < -0.4 is 5.32 Å². The van der Waals surface area contributed by atoms with Crippen LogP contribution in [0.15, 0.2) is 72.1 Å². The summed E-state index contributed by atoms with van der Waals surface area (Å²) in [6, 6.07) is 16.6. The normalized spacial score (nSPS) is 20.1. The molecule has 3 aromatic rings. The SMILES string of the molecule is CC(=O)OC(C)C(=O)Nc1cccc(C2OC(CSc3ncccn3)CC(c3ccc(CO)cc3)O2)c1. The lowest BCUT2D eigenvalue weighted by Crippen LogP contribution is -2.31. The number of nitrogens with zero attached hydrogens (tertiary/aromatic N) is 2. The number of ether oxygens (including phenoxy) is 3. The number of thioether (sulfide) groups is 1. The fourth-order valence-electron chi connectivity index (χ4n) is 3.86. The Bertz CT molecular complexity index is 1190. The second-order valence-corrected chi connectivity index (χ2v) is 9.55. The molecule has 2 heterocycles. The van der Waals surface area contributed by atoms with Gasteiger partial charge in [0.1, 0.15) is 0 Å². The number of rotatable bonds is 9. The fraction of sp³-hybridized carbons (Fsp3) is 0.333. The van der Waals surface area contributed by atoms with Gasteiger partial charge < -0.3 is 24.6 Å². The topological polar surface area (TPSA) is 120 Å². The first-order chi connectivity index (χ1) is 17.9. The van der Waals surface area contributed by atoms with Crippen molar-refractivity contribution in [3.05, 3.63) is 83.7 Å². The van der Waals surface area contributed by atoms with Gasteiger partial charge in [0.25, 0.3) is 5.91 Å². The number of nitrogens with one attached hydrogen (secondary N) is 1. The highest BCUT2D eigenvalue weighted by atomic mass is 32.2.